The summed E-state index contributed by atoms with van der Waals surface area (Å²) in [5.74, 6) is 0.00296. The summed E-state index contributed by atoms with van der Waals surface area (Å²) in [7, 11) is 1.67. The molecule has 6 nitrogen and oxygen atoms in total. The Morgan fingerprint density at radius 1 is 1.04 bits per heavy atom. The van der Waals surface area contributed by atoms with Crippen molar-refractivity contribution in [1.82, 2.24) is 10.2 Å². The van der Waals surface area contributed by atoms with Crippen LogP contribution in [-0.2, 0) is 22.7 Å². The molecule has 0 aromatic heterocycles. The summed E-state index contributed by atoms with van der Waals surface area (Å²) in [6.45, 7) is 2.23. The first-order valence-corrected chi connectivity index (χ1v) is 9.61. The second kappa shape index (κ2) is 9.90. The third-order valence-corrected chi connectivity index (χ3v) is 4.95. The van der Waals surface area contributed by atoms with Gasteiger partial charge >= 0.3 is 6.03 Å². The maximum absolute atomic E-state index is 12.5. The van der Waals surface area contributed by atoms with E-state index in [0.717, 1.165) is 16.8 Å². The maximum Gasteiger partial charge on any atom is 0.321 e. The fourth-order valence-corrected chi connectivity index (χ4v) is 3.40. The van der Waals surface area contributed by atoms with Gasteiger partial charge in [0.05, 0.1) is 6.61 Å². The second-order valence-electron chi connectivity index (χ2n) is 7.03. The second-order valence-corrected chi connectivity index (χ2v) is 7.03. The molecular weight excluding hydrogens is 354 g/mol. The Labute approximate surface area is 165 Å². The van der Waals surface area contributed by atoms with Gasteiger partial charge in [-0.3, -0.25) is 4.79 Å². The number of likely N-dealkylation sites (tertiary alicyclic amines) is 1. The number of rotatable bonds is 6. The van der Waals surface area contributed by atoms with Crippen LogP contribution in [0.3, 0.4) is 0 Å². The summed E-state index contributed by atoms with van der Waals surface area (Å²) >= 11 is 0. The van der Waals surface area contributed by atoms with Gasteiger partial charge in [-0.2, -0.15) is 0 Å². The molecule has 1 heterocycles. The SMILES string of the molecule is COCc1cccc(CNC(=O)C2CCN(C(=O)Nc3ccccc3)CC2)c1. The first kappa shape index (κ1) is 19.9. The predicted octanol–water partition coefficient (Wildman–Crippen LogP) is 3.39. The third-order valence-electron chi connectivity index (χ3n) is 4.95. The zero-order chi connectivity index (χ0) is 19.8. The van der Waals surface area contributed by atoms with Crippen LogP contribution in [0.4, 0.5) is 10.5 Å². The Hall–Kier alpha value is -2.86. The minimum absolute atomic E-state index is 0.0528. The van der Waals surface area contributed by atoms with E-state index in [1.54, 1.807) is 12.0 Å². The van der Waals surface area contributed by atoms with E-state index in [4.69, 9.17) is 4.74 Å². The minimum atomic E-state index is -0.111. The Bertz CT molecular complexity index is 787. The zero-order valence-corrected chi connectivity index (χ0v) is 16.2. The maximum atomic E-state index is 12.5. The molecule has 1 fully saturated rings. The molecule has 3 amide bonds. The molecule has 2 aromatic rings. The lowest BCUT2D eigenvalue weighted by Crippen LogP contribution is -2.44. The molecule has 0 atom stereocenters. The number of amides is 3. The van der Waals surface area contributed by atoms with E-state index >= 15 is 0 Å². The number of nitrogens with one attached hydrogen (secondary N) is 2. The number of para-hydroxylation sites is 1. The first-order valence-electron chi connectivity index (χ1n) is 9.61. The molecule has 0 bridgehead atoms. The van der Waals surface area contributed by atoms with E-state index in [1.165, 1.54) is 0 Å². The monoisotopic (exact) mass is 381 g/mol. The molecule has 0 spiro atoms. The number of benzene rings is 2. The number of anilines is 1. The molecular formula is C22H27N3O3. The molecule has 0 aliphatic carbocycles. The lowest BCUT2D eigenvalue weighted by molar-refractivity contribution is -0.126. The van der Waals surface area contributed by atoms with Gasteiger partial charge in [-0.25, -0.2) is 4.79 Å². The van der Waals surface area contributed by atoms with E-state index < -0.39 is 0 Å². The highest BCUT2D eigenvalue weighted by atomic mass is 16.5. The number of methoxy groups -OCH3 is 1. The van der Waals surface area contributed by atoms with E-state index in [9.17, 15) is 9.59 Å². The van der Waals surface area contributed by atoms with Gasteiger partial charge in [-0.05, 0) is 36.1 Å². The van der Waals surface area contributed by atoms with Crippen LogP contribution in [0, 0.1) is 5.92 Å². The van der Waals surface area contributed by atoms with E-state index in [2.05, 4.69) is 10.6 Å². The standard InChI is InChI=1S/C22H27N3O3/c1-28-16-18-7-5-6-17(14-18)15-23-21(26)19-10-12-25(13-11-19)22(27)24-20-8-3-2-4-9-20/h2-9,14,19H,10-13,15-16H2,1H3,(H,23,26)(H,24,27). The third kappa shape index (κ3) is 5.57. The van der Waals surface area contributed by atoms with Crippen molar-refractivity contribution in [3.05, 3.63) is 65.7 Å². The molecule has 148 valence electrons. The molecule has 0 saturated carbocycles. The van der Waals surface area contributed by atoms with Crippen LogP contribution in [0.1, 0.15) is 24.0 Å². The van der Waals surface area contributed by atoms with Gasteiger partial charge in [0.2, 0.25) is 5.91 Å². The van der Waals surface area contributed by atoms with Crippen LogP contribution in [0.25, 0.3) is 0 Å². The van der Waals surface area contributed by atoms with Crippen LogP contribution in [0.5, 0.6) is 0 Å². The smallest absolute Gasteiger partial charge is 0.321 e. The summed E-state index contributed by atoms with van der Waals surface area (Å²) in [5.41, 5.74) is 2.93. The average molecular weight is 381 g/mol. The topological polar surface area (TPSA) is 70.7 Å². The van der Waals surface area contributed by atoms with Crippen LogP contribution in [0.2, 0.25) is 0 Å². The van der Waals surface area contributed by atoms with E-state index in [1.807, 2.05) is 54.6 Å². The molecule has 3 rings (SSSR count). The molecule has 2 aromatic carbocycles. The molecule has 6 heteroatoms. The summed E-state index contributed by atoms with van der Waals surface area (Å²) in [6.07, 6.45) is 1.36. The molecule has 1 saturated heterocycles. The molecule has 28 heavy (non-hydrogen) atoms. The van der Waals surface area contributed by atoms with Crippen LogP contribution in [0.15, 0.2) is 54.6 Å². The number of carbonyl (C=O) groups is 2. The van der Waals surface area contributed by atoms with Crippen molar-refractivity contribution in [1.29, 1.82) is 0 Å². The van der Waals surface area contributed by atoms with Crippen molar-refractivity contribution in [3.63, 3.8) is 0 Å². The molecule has 1 aliphatic rings. The van der Waals surface area contributed by atoms with Gasteiger partial charge in [-0.15, -0.1) is 0 Å². The van der Waals surface area contributed by atoms with Gasteiger partial charge < -0.3 is 20.3 Å². The first-order chi connectivity index (χ1) is 13.7. The fourth-order valence-electron chi connectivity index (χ4n) is 3.40. The van der Waals surface area contributed by atoms with Crippen LogP contribution < -0.4 is 10.6 Å². The normalized spacial score (nSPS) is 14.5. The summed E-state index contributed by atoms with van der Waals surface area (Å²) in [6, 6.07) is 17.3. The number of nitrogens with zero attached hydrogens (tertiary/aromatic N) is 1. The minimum Gasteiger partial charge on any atom is -0.380 e. The molecule has 1 aliphatic heterocycles. The largest absolute Gasteiger partial charge is 0.380 e. The Morgan fingerprint density at radius 3 is 2.46 bits per heavy atom. The molecule has 0 radical (unpaired) electrons. The highest BCUT2D eigenvalue weighted by Gasteiger charge is 2.27. The van der Waals surface area contributed by atoms with Crippen molar-refractivity contribution in [3.8, 4) is 0 Å². The Morgan fingerprint density at radius 2 is 1.75 bits per heavy atom. The quantitative estimate of drug-likeness (QED) is 0.806. The summed E-state index contributed by atoms with van der Waals surface area (Å²) in [4.78, 5) is 26.6. The highest BCUT2D eigenvalue weighted by Crippen LogP contribution is 2.19. The van der Waals surface area contributed by atoms with Crippen molar-refractivity contribution in [2.24, 2.45) is 5.92 Å². The average Bonchev–Trinajstić information content (AvgIpc) is 2.73. The number of ether oxygens (including phenoxy) is 1. The summed E-state index contributed by atoms with van der Waals surface area (Å²) < 4.78 is 5.15. The highest BCUT2D eigenvalue weighted by molar-refractivity contribution is 5.89. The number of hydrogen-bond donors (Lipinski definition) is 2. The van der Waals surface area contributed by atoms with E-state index in [0.29, 0.717) is 39.1 Å². The van der Waals surface area contributed by atoms with Gasteiger partial charge in [0, 0.05) is 38.3 Å². The Kier molecular flexibility index (Phi) is 7.03. The summed E-state index contributed by atoms with van der Waals surface area (Å²) in [5, 5.41) is 5.92. The van der Waals surface area contributed by atoms with Gasteiger partial charge in [0.15, 0.2) is 0 Å². The molecule has 2 N–H and O–H groups in total. The van der Waals surface area contributed by atoms with Crippen molar-refractivity contribution >= 4 is 17.6 Å². The van der Waals surface area contributed by atoms with Gasteiger partial charge in [0.25, 0.3) is 0 Å². The van der Waals surface area contributed by atoms with Gasteiger partial charge in [0.1, 0.15) is 0 Å². The molecule has 0 unspecified atom stereocenters. The number of piperidine rings is 1. The lowest BCUT2D eigenvalue weighted by Gasteiger charge is -2.31. The van der Waals surface area contributed by atoms with Crippen molar-refractivity contribution in [2.45, 2.75) is 26.0 Å². The van der Waals surface area contributed by atoms with Gasteiger partial charge in [-0.1, -0.05) is 42.5 Å². The lowest BCUT2D eigenvalue weighted by atomic mass is 9.96. The number of hydrogen-bond acceptors (Lipinski definition) is 3. The number of urea groups is 1. The Balaban J connectivity index is 1.43. The van der Waals surface area contributed by atoms with Crippen molar-refractivity contribution < 1.29 is 14.3 Å². The zero-order valence-electron chi connectivity index (χ0n) is 16.2. The number of carbonyl (C=O) groups excluding carboxylic acids is 2. The van der Waals surface area contributed by atoms with Crippen molar-refractivity contribution in [2.75, 3.05) is 25.5 Å². The van der Waals surface area contributed by atoms with Crippen LogP contribution >= 0.6 is 0 Å². The van der Waals surface area contributed by atoms with E-state index in [-0.39, 0.29) is 17.9 Å². The fraction of sp³-hybridized carbons (Fsp3) is 0.364. The van der Waals surface area contributed by atoms with Crippen LogP contribution in [-0.4, -0.2) is 37.0 Å². The predicted molar refractivity (Wildman–Crippen MR) is 109 cm³/mol.